The van der Waals surface area contributed by atoms with Crippen LogP contribution in [0.25, 0.3) is 0 Å². The zero-order valence-electron chi connectivity index (χ0n) is 12.1. The van der Waals surface area contributed by atoms with Crippen LogP contribution in [0.1, 0.15) is 17.4 Å². The molecular formula is C16H16N2O5. The van der Waals surface area contributed by atoms with Gasteiger partial charge < -0.3 is 20.3 Å². The third-order valence-corrected chi connectivity index (χ3v) is 3.06. The Balaban J connectivity index is 1.96. The van der Waals surface area contributed by atoms with Crippen LogP contribution >= 0.6 is 0 Å². The molecule has 1 heterocycles. The summed E-state index contributed by atoms with van der Waals surface area (Å²) in [5.74, 6) is -1.39. The van der Waals surface area contributed by atoms with Crippen LogP contribution in [0.4, 0.5) is 4.79 Å². The molecule has 0 bridgehead atoms. The topological polar surface area (TPSA) is 109 Å². The van der Waals surface area contributed by atoms with Gasteiger partial charge in [0, 0.05) is 6.20 Å². The van der Waals surface area contributed by atoms with Gasteiger partial charge in [0.2, 0.25) is 0 Å². The zero-order valence-corrected chi connectivity index (χ0v) is 12.1. The maximum atomic E-state index is 11.7. The minimum Gasteiger partial charge on any atom is -0.480 e. The van der Waals surface area contributed by atoms with Gasteiger partial charge >= 0.3 is 12.1 Å². The van der Waals surface area contributed by atoms with Gasteiger partial charge in [-0.2, -0.15) is 0 Å². The number of carboxylic acids is 1. The number of nitrogens with zero attached hydrogens (tertiary/aromatic N) is 1. The SMILES string of the molecule is O=C(N[C@H](C(=O)O)[C@@H](O)c1ccccn1)OCc1ccccc1. The molecule has 0 saturated carbocycles. The molecule has 1 aromatic heterocycles. The lowest BCUT2D eigenvalue weighted by Crippen LogP contribution is -2.45. The van der Waals surface area contributed by atoms with Crippen molar-refractivity contribution in [2.24, 2.45) is 0 Å². The molecule has 120 valence electrons. The van der Waals surface area contributed by atoms with Crippen LogP contribution in [0.15, 0.2) is 54.7 Å². The first-order valence-corrected chi connectivity index (χ1v) is 6.87. The molecule has 0 spiro atoms. The highest BCUT2D eigenvalue weighted by Gasteiger charge is 2.30. The van der Waals surface area contributed by atoms with Crippen molar-refractivity contribution in [3.63, 3.8) is 0 Å². The van der Waals surface area contributed by atoms with Crippen LogP contribution in [0.2, 0.25) is 0 Å². The molecule has 0 aliphatic heterocycles. The number of hydrogen-bond acceptors (Lipinski definition) is 5. The van der Waals surface area contributed by atoms with Crippen molar-refractivity contribution in [1.82, 2.24) is 10.3 Å². The van der Waals surface area contributed by atoms with E-state index in [9.17, 15) is 19.8 Å². The van der Waals surface area contributed by atoms with E-state index in [-0.39, 0.29) is 12.3 Å². The van der Waals surface area contributed by atoms with E-state index in [1.165, 1.54) is 12.3 Å². The second-order valence-electron chi connectivity index (χ2n) is 4.72. The molecule has 0 aliphatic carbocycles. The van der Waals surface area contributed by atoms with Crippen LogP contribution < -0.4 is 5.32 Å². The Morgan fingerprint density at radius 3 is 2.43 bits per heavy atom. The maximum absolute atomic E-state index is 11.7. The molecule has 0 unspecified atom stereocenters. The quantitative estimate of drug-likeness (QED) is 0.745. The fourth-order valence-electron chi connectivity index (χ4n) is 1.89. The number of hydrogen-bond donors (Lipinski definition) is 3. The number of aromatic nitrogens is 1. The van der Waals surface area contributed by atoms with Crippen LogP contribution in [-0.2, 0) is 16.1 Å². The van der Waals surface area contributed by atoms with Gasteiger partial charge in [-0.1, -0.05) is 36.4 Å². The molecule has 0 radical (unpaired) electrons. The molecular weight excluding hydrogens is 300 g/mol. The number of alkyl carbamates (subject to hydrolysis) is 1. The summed E-state index contributed by atoms with van der Waals surface area (Å²) >= 11 is 0. The van der Waals surface area contributed by atoms with Crippen molar-refractivity contribution in [2.45, 2.75) is 18.8 Å². The average molecular weight is 316 g/mol. The van der Waals surface area contributed by atoms with E-state index < -0.39 is 24.2 Å². The standard InChI is InChI=1S/C16H16N2O5/c19-14(12-8-4-5-9-17-12)13(15(20)21)18-16(22)23-10-11-6-2-1-3-7-11/h1-9,13-14,19H,10H2,(H,18,22)(H,20,21)/t13-,14-/m0/s1. The molecule has 7 heteroatoms. The molecule has 2 atom stereocenters. The van der Waals surface area contributed by atoms with Crippen molar-refractivity contribution >= 4 is 12.1 Å². The molecule has 1 amide bonds. The van der Waals surface area contributed by atoms with Crippen LogP contribution in [-0.4, -0.2) is 33.3 Å². The summed E-state index contributed by atoms with van der Waals surface area (Å²) in [6, 6.07) is 12.1. The van der Waals surface area contributed by atoms with E-state index in [4.69, 9.17) is 4.74 Å². The molecule has 1 aromatic carbocycles. The van der Waals surface area contributed by atoms with E-state index in [1.807, 2.05) is 6.07 Å². The van der Waals surface area contributed by atoms with Crippen LogP contribution in [0.5, 0.6) is 0 Å². The van der Waals surface area contributed by atoms with Gasteiger partial charge in [0.05, 0.1) is 5.69 Å². The number of nitrogens with one attached hydrogen (secondary N) is 1. The van der Waals surface area contributed by atoms with Crippen LogP contribution in [0.3, 0.4) is 0 Å². The predicted octanol–water partition coefficient (Wildman–Crippen LogP) is 1.49. The number of rotatable bonds is 6. The van der Waals surface area contributed by atoms with E-state index in [0.717, 1.165) is 5.56 Å². The number of aliphatic hydroxyl groups is 1. The van der Waals surface area contributed by atoms with Crippen molar-refractivity contribution in [3.05, 3.63) is 66.0 Å². The molecule has 7 nitrogen and oxygen atoms in total. The fourth-order valence-corrected chi connectivity index (χ4v) is 1.89. The first-order valence-electron chi connectivity index (χ1n) is 6.87. The van der Waals surface area contributed by atoms with Gasteiger partial charge in [0.1, 0.15) is 12.7 Å². The van der Waals surface area contributed by atoms with E-state index in [2.05, 4.69) is 10.3 Å². The number of carboxylic acid groups (broad SMARTS) is 1. The third kappa shape index (κ3) is 4.79. The summed E-state index contributed by atoms with van der Waals surface area (Å²) in [5.41, 5.74) is 0.906. The van der Waals surface area contributed by atoms with Crippen molar-refractivity contribution in [1.29, 1.82) is 0 Å². The van der Waals surface area contributed by atoms with Gasteiger partial charge in [-0.25, -0.2) is 9.59 Å². The number of aliphatic carboxylic acids is 1. The van der Waals surface area contributed by atoms with Gasteiger partial charge in [0.25, 0.3) is 0 Å². The zero-order chi connectivity index (χ0) is 16.7. The van der Waals surface area contributed by atoms with Crippen molar-refractivity contribution in [2.75, 3.05) is 0 Å². The second-order valence-corrected chi connectivity index (χ2v) is 4.72. The monoisotopic (exact) mass is 316 g/mol. The Labute approximate surface area is 132 Å². The lowest BCUT2D eigenvalue weighted by Gasteiger charge is -2.19. The van der Waals surface area contributed by atoms with E-state index in [1.54, 1.807) is 36.4 Å². The minimum absolute atomic E-state index is 0.00130. The number of carbonyl (C=O) groups excluding carboxylic acids is 1. The molecule has 0 aliphatic rings. The summed E-state index contributed by atoms with van der Waals surface area (Å²) < 4.78 is 4.95. The maximum Gasteiger partial charge on any atom is 0.408 e. The summed E-state index contributed by atoms with van der Waals surface area (Å²) in [6.45, 7) is -0.00130. The fraction of sp³-hybridized carbons (Fsp3) is 0.188. The Morgan fingerprint density at radius 1 is 1.13 bits per heavy atom. The summed E-state index contributed by atoms with van der Waals surface area (Å²) in [5, 5.41) is 21.4. The predicted molar refractivity (Wildman–Crippen MR) is 80.4 cm³/mol. The molecule has 3 N–H and O–H groups in total. The van der Waals surface area contributed by atoms with Gasteiger partial charge in [-0.15, -0.1) is 0 Å². The molecule has 2 rings (SSSR count). The summed E-state index contributed by atoms with van der Waals surface area (Å²) in [7, 11) is 0. The third-order valence-electron chi connectivity index (χ3n) is 3.06. The van der Waals surface area contributed by atoms with E-state index >= 15 is 0 Å². The molecule has 2 aromatic rings. The number of pyridine rings is 1. The molecule has 0 fully saturated rings. The summed E-state index contributed by atoms with van der Waals surface area (Å²) in [4.78, 5) is 26.9. The number of aliphatic hydroxyl groups excluding tert-OH is 1. The highest BCUT2D eigenvalue weighted by molar-refractivity contribution is 5.80. The number of carbonyl (C=O) groups is 2. The number of ether oxygens (including phenoxy) is 1. The van der Waals surface area contributed by atoms with Crippen molar-refractivity contribution in [3.8, 4) is 0 Å². The molecule has 0 saturated heterocycles. The Hall–Kier alpha value is -2.93. The Morgan fingerprint density at radius 2 is 1.83 bits per heavy atom. The smallest absolute Gasteiger partial charge is 0.408 e. The first-order chi connectivity index (χ1) is 11.1. The highest BCUT2D eigenvalue weighted by atomic mass is 16.5. The number of benzene rings is 1. The normalized spacial score (nSPS) is 12.9. The first kappa shape index (κ1) is 16.4. The lowest BCUT2D eigenvalue weighted by molar-refractivity contribution is -0.142. The van der Waals surface area contributed by atoms with Gasteiger partial charge in [-0.3, -0.25) is 4.98 Å². The average Bonchev–Trinajstić information content (AvgIpc) is 2.58. The van der Waals surface area contributed by atoms with Crippen LogP contribution in [0, 0.1) is 0 Å². The highest BCUT2D eigenvalue weighted by Crippen LogP contribution is 2.14. The Kier molecular flexibility index (Phi) is 5.65. The summed E-state index contributed by atoms with van der Waals surface area (Å²) in [6.07, 6.45) is -1.00. The molecule has 23 heavy (non-hydrogen) atoms. The largest absolute Gasteiger partial charge is 0.480 e. The number of amides is 1. The van der Waals surface area contributed by atoms with Gasteiger partial charge in [-0.05, 0) is 17.7 Å². The lowest BCUT2D eigenvalue weighted by atomic mass is 10.1. The van der Waals surface area contributed by atoms with Gasteiger partial charge in [0.15, 0.2) is 6.04 Å². The van der Waals surface area contributed by atoms with Crippen molar-refractivity contribution < 1.29 is 24.5 Å². The second kappa shape index (κ2) is 7.90. The minimum atomic E-state index is -1.56. The van der Waals surface area contributed by atoms with E-state index in [0.29, 0.717) is 0 Å². The Bertz CT molecular complexity index is 648.